The monoisotopic (exact) mass is 139 g/mol. The molecule has 0 fully saturated rings. The van der Waals surface area contributed by atoms with Crippen molar-refractivity contribution in [1.29, 1.82) is 0 Å². The summed E-state index contributed by atoms with van der Waals surface area (Å²) in [6.45, 7) is 2.16. The van der Waals surface area contributed by atoms with Crippen LogP contribution >= 0.6 is 0 Å². The highest BCUT2D eigenvalue weighted by Crippen LogP contribution is 1.99. The van der Waals surface area contributed by atoms with Gasteiger partial charge in [0.1, 0.15) is 0 Å². The SMILES string of the molecule is CCCCCC=CN=[N+]=[N-]. The Morgan fingerprint density at radius 3 is 2.90 bits per heavy atom. The number of unbranched alkanes of at least 4 members (excludes halogenated alkanes) is 3. The lowest BCUT2D eigenvalue weighted by Crippen LogP contribution is -1.69. The number of hydrogen-bond acceptors (Lipinski definition) is 1. The molecule has 0 N–H and O–H groups in total. The van der Waals surface area contributed by atoms with Gasteiger partial charge in [0.2, 0.25) is 0 Å². The lowest BCUT2D eigenvalue weighted by Gasteiger charge is -1.88. The summed E-state index contributed by atoms with van der Waals surface area (Å²) in [5.41, 5.74) is 7.88. The van der Waals surface area contributed by atoms with E-state index in [1.165, 1.54) is 25.5 Å². The van der Waals surface area contributed by atoms with Crippen molar-refractivity contribution in [2.24, 2.45) is 5.11 Å². The van der Waals surface area contributed by atoms with Crippen molar-refractivity contribution in [1.82, 2.24) is 0 Å². The van der Waals surface area contributed by atoms with Crippen LogP contribution in [0.15, 0.2) is 17.4 Å². The lowest BCUT2D eigenvalue weighted by molar-refractivity contribution is 0.728. The average molecular weight is 139 g/mol. The van der Waals surface area contributed by atoms with E-state index in [9.17, 15) is 0 Å². The Bertz CT molecular complexity index is 134. The van der Waals surface area contributed by atoms with Gasteiger partial charge in [0, 0.05) is 4.91 Å². The van der Waals surface area contributed by atoms with Gasteiger partial charge in [-0.3, -0.25) is 0 Å². The molecule has 3 nitrogen and oxygen atoms in total. The molecule has 0 aromatic heterocycles. The van der Waals surface area contributed by atoms with E-state index in [4.69, 9.17) is 5.53 Å². The number of rotatable bonds is 5. The molecule has 0 spiro atoms. The van der Waals surface area contributed by atoms with Crippen LogP contribution in [0, 0.1) is 0 Å². The highest BCUT2D eigenvalue weighted by atomic mass is 15.1. The van der Waals surface area contributed by atoms with Gasteiger partial charge in [-0.05, 0) is 24.6 Å². The van der Waals surface area contributed by atoms with Gasteiger partial charge < -0.3 is 0 Å². The summed E-state index contributed by atoms with van der Waals surface area (Å²) >= 11 is 0. The zero-order chi connectivity index (χ0) is 7.66. The minimum Gasteiger partial charge on any atom is -0.0823 e. The smallest absolute Gasteiger partial charge is 0.00474 e. The van der Waals surface area contributed by atoms with Gasteiger partial charge in [-0.2, -0.15) is 0 Å². The summed E-state index contributed by atoms with van der Waals surface area (Å²) in [5, 5.41) is 3.27. The zero-order valence-electron chi connectivity index (χ0n) is 6.32. The Balaban J connectivity index is 3.10. The van der Waals surface area contributed by atoms with Crippen LogP contribution in [0.3, 0.4) is 0 Å². The maximum absolute atomic E-state index is 7.88. The van der Waals surface area contributed by atoms with Gasteiger partial charge in [-0.1, -0.05) is 31.0 Å². The average Bonchev–Trinajstić information content (AvgIpc) is 1.97. The first kappa shape index (κ1) is 9.05. The van der Waals surface area contributed by atoms with Crippen molar-refractivity contribution in [3.8, 4) is 0 Å². The fraction of sp³-hybridized carbons (Fsp3) is 0.714. The van der Waals surface area contributed by atoms with Crippen LogP contribution in [0.4, 0.5) is 0 Å². The van der Waals surface area contributed by atoms with Crippen molar-refractivity contribution in [3.05, 3.63) is 22.7 Å². The molecule has 0 radical (unpaired) electrons. The largest absolute Gasteiger partial charge is 0.0823 e. The molecular formula is C7H13N3. The molecule has 0 rings (SSSR count). The fourth-order valence-corrected chi connectivity index (χ4v) is 0.664. The summed E-state index contributed by atoms with van der Waals surface area (Å²) in [4.78, 5) is 2.59. The summed E-state index contributed by atoms with van der Waals surface area (Å²) in [6.07, 6.45) is 8.10. The summed E-state index contributed by atoms with van der Waals surface area (Å²) in [7, 11) is 0. The third-order valence-electron chi connectivity index (χ3n) is 1.20. The van der Waals surface area contributed by atoms with Gasteiger partial charge >= 0.3 is 0 Å². The van der Waals surface area contributed by atoms with Crippen LogP contribution in [0.25, 0.3) is 10.4 Å². The Morgan fingerprint density at radius 2 is 2.30 bits per heavy atom. The molecule has 0 aliphatic heterocycles. The highest BCUT2D eigenvalue weighted by Gasteiger charge is 1.79. The van der Waals surface area contributed by atoms with E-state index in [1.807, 2.05) is 6.08 Å². The molecule has 0 unspecified atom stereocenters. The molecular weight excluding hydrogens is 126 g/mol. The number of allylic oxidation sites excluding steroid dienone is 1. The molecule has 0 atom stereocenters. The summed E-state index contributed by atoms with van der Waals surface area (Å²) in [5.74, 6) is 0. The van der Waals surface area contributed by atoms with Crippen LogP contribution in [0.1, 0.15) is 32.6 Å². The van der Waals surface area contributed by atoms with Gasteiger partial charge in [0.25, 0.3) is 0 Å². The lowest BCUT2D eigenvalue weighted by atomic mass is 10.2. The molecule has 0 saturated carbocycles. The van der Waals surface area contributed by atoms with Gasteiger partial charge in [-0.25, -0.2) is 0 Å². The maximum Gasteiger partial charge on any atom is 0.00474 e. The van der Waals surface area contributed by atoms with E-state index in [-0.39, 0.29) is 0 Å². The first-order valence-corrected chi connectivity index (χ1v) is 3.61. The Kier molecular flexibility index (Phi) is 7.29. The molecule has 10 heavy (non-hydrogen) atoms. The first-order chi connectivity index (χ1) is 4.91. The molecule has 56 valence electrons. The van der Waals surface area contributed by atoms with E-state index >= 15 is 0 Å². The zero-order valence-corrected chi connectivity index (χ0v) is 6.32. The Hall–Kier alpha value is -0.950. The molecule has 0 aromatic carbocycles. The minimum atomic E-state index is 1.02. The molecule has 3 heteroatoms. The second-order valence-electron chi connectivity index (χ2n) is 2.09. The van der Waals surface area contributed by atoms with Crippen LogP contribution in [-0.2, 0) is 0 Å². The van der Waals surface area contributed by atoms with Crippen molar-refractivity contribution in [2.75, 3.05) is 0 Å². The second-order valence-corrected chi connectivity index (χ2v) is 2.09. The maximum atomic E-state index is 7.88. The Labute approximate surface area is 61.4 Å². The Morgan fingerprint density at radius 1 is 1.50 bits per heavy atom. The highest BCUT2D eigenvalue weighted by molar-refractivity contribution is 4.79. The third-order valence-corrected chi connectivity index (χ3v) is 1.20. The third kappa shape index (κ3) is 7.05. The predicted octanol–water partition coefficient (Wildman–Crippen LogP) is 3.39. The second kappa shape index (κ2) is 8.05. The number of hydrogen-bond donors (Lipinski definition) is 0. The summed E-state index contributed by atoms with van der Waals surface area (Å²) < 4.78 is 0. The van der Waals surface area contributed by atoms with Crippen molar-refractivity contribution in [2.45, 2.75) is 32.6 Å². The molecule has 0 aliphatic carbocycles. The quantitative estimate of drug-likeness (QED) is 0.242. The van der Waals surface area contributed by atoms with Gasteiger partial charge in [-0.15, -0.1) is 0 Å². The van der Waals surface area contributed by atoms with Crippen LogP contribution in [0.5, 0.6) is 0 Å². The van der Waals surface area contributed by atoms with Crippen LogP contribution in [-0.4, -0.2) is 0 Å². The van der Waals surface area contributed by atoms with Gasteiger partial charge in [0.15, 0.2) is 0 Å². The first-order valence-electron chi connectivity index (χ1n) is 3.61. The van der Waals surface area contributed by atoms with Crippen molar-refractivity contribution >= 4 is 0 Å². The van der Waals surface area contributed by atoms with E-state index < -0.39 is 0 Å². The van der Waals surface area contributed by atoms with Crippen LogP contribution in [0.2, 0.25) is 0 Å². The topological polar surface area (TPSA) is 48.8 Å². The molecule has 0 aromatic rings. The van der Waals surface area contributed by atoms with E-state index in [1.54, 1.807) is 0 Å². The molecule has 0 saturated heterocycles. The molecule has 0 amide bonds. The standard InChI is InChI=1S/C7H13N3/c1-2-3-4-5-6-7-9-10-8/h6-7H,2-5H2,1H3. The molecule has 0 heterocycles. The normalized spacial score (nSPS) is 9.70. The van der Waals surface area contributed by atoms with Gasteiger partial charge in [0.05, 0.1) is 0 Å². The summed E-state index contributed by atoms with van der Waals surface area (Å²) in [6, 6.07) is 0. The van der Waals surface area contributed by atoms with Crippen LogP contribution < -0.4 is 0 Å². The van der Waals surface area contributed by atoms with E-state index in [2.05, 4.69) is 16.9 Å². The molecule has 0 bridgehead atoms. The number of azide groups is 1. The minimum absolute atomic E-state index is 1.02. The van der Waals surface area contributed by atoms with E-state index in [0.717, 1.165) is 6.42 Å². The molecule has 0 aliphatic rings. The number of nitrogens with zero attached hydrogens (tertiary/aromatic N) is 3. The predicted molar refractivity (Wildman–Crippen MR) is 42.4 cm³/mol. The van der Waals surface area contributed by atoms with Crippen molar-refractivity contribution < 1.29 is 0 Å². The van der Waals surface area contributed by atoms with E-state index in [0.29, 0.717) is 0 Å². The van der Waals surface area contributed by atoms with Crippen molar-refractivity contribution in [3.63, 3.8) is 0 Å². The fourth-order valence-electron chi connectivity index (χ4n) is 0.664.